The van der Waals surface area contributed by atoms with Crippen LogP contribution in [0.4, 0.5) is 0 Å². The maximum Gasteiger partial charge on any atom is 0.250 e. The highest BCUT2D eigenvalue weighted by Gasteiger charge is 2.22. The molecule has 0 radical (unpaired) electrons. The van der Waals surface area contributed by atoms with Gasteiger partial charge in [-0.1, -0.05) is 45.0 Å². The lowest BCUT2D eigenvalue weighted by molar-refractivity contribution is -0.129. The smallest absolute Gasteiger partial charge is 0.250 e. The van der Waals surface area contributed by atoms with Gasteiger partial charge in [0.2, 0.25) is 5.91 Å². The van der Waals surface area contributed by atoms with Gasteiger partial charge < -0.3 is 16.2 Å². The molecule has 1 atom stereocenters. The second-order valence-corrected chi connectivity index (χ2v) is 5.40. The molecule has 0 aromatic heterocycles. The molecule has 0 fully saturated rings. The van der Waals surface area contributed by atoms with Crippen LogP contribution in [0.5, 0.6) is 0 Å². The molecule has 0 aliphatic rings. The maximum atomic E-state index is 11.5. The number of aryl methyl sites for hydroxylation is 1. The van der Waals surface area contributed by atoms with Gasteiger partial charge in [-0.2, -0.15) is 0 Å². The van der Waals surface area contributed by atoms with Crippen molar-refractivity contribution in [1.82, 2.24) is 5.32 Å². The van der Waals surface area contributed by atoms with E-state index >= 15 is 0 Å². The third-order valence-electron chi connectivity index (χ3n) is 3.37. The lowest BCUT2D eigenvalue weighted by Crippen LogP contribution is -2.44. The Balaban J connectivity index is 2.66. The van der Waals surface area contributed by atoms with Gasteiger partial charge in [0.15, 0.2) is 0 Å². The van der Waals surface area contributed by atoms with E-state index in [9.17, 15) is 9.90 Å². The van der Waals surface area contributed by atoms with Crippen LogP contribution in [0.25, 0.3) is 0 Å². The van der Waals surface area contributed by atoms with E-state index in [4.69, 9.17) is 5.73 Å². The van der Waals surface area contributed by atoms with Gasteiger partial charge in [0.25, 0.3) is 0 Å². The van der Waals surface area contributed by atoms with Gasteiger partial charge in [-0.05, 0) is 17.5 Å². The van der Waals surface area contributed by atoms with Crippen LogP contribution in [-0.2, 0) is 16.6 Å². The van der Waals surface area contributed by atoms with E-state index in [2.05, 4.69) is 50.4 Å². The van der Waals surface area contributed by atoms with Crippen molar-refractivity contribution in [2.24, 2.45) is 5.73 Å². The normalized spacial score (nSPS) is 13.1. The van der Waals surface area contributed by atoms with Crippen molar-refractivity contribution in [3.05, 3.63) is 35.4 Å². The largest absolute Gasteiger partial charge is 0.382 e. The van der Waals surface area contributed by atoms with Crippen molar-refractivity contribution in [1.29, 1.82) is 0 Å². The second kappa shape index (κ2) is 6.68. The molecule has 0 heterocycles. The van der Waals surface area contributed by atoms with Crippen molar-refractivity contribution in [3.8, 4) is 0 Å². The van der Waals surface area contributed by atoms with Crippen molar-refractivity contribution >= 4 is 5.91 Å². The molecule has 0 saturated heterocycles. The predicted octanol–water partition coefficient (Wildman–Crippen LogP) is 0.962. The molecule has 1 amide bonds. The van der Waals surface area contributed by atoms with Crippen molar-refractivity contribution in [2.45, 2.75) is 38.7 Å². The third kappa shape index (κ3) is 4.33. The fraction of sp³-hybridized carbons (Fsp3) is 0.533. The molecule has 1 unspecified atom stereocenters. The summed E-state index contributed by atoms with van der Waals surface area (Å²) in [6.07, 6.45) is -0.113. The summed E-state index contributed by atoms with van der Waals surface area (Å²) in [5, 5.41) is 12.1. The Morgan fingerprint density at radius 1 is 1.37 bits per heavy atom. The third-order valence-corrected chi connectivity index (χ3v) is 3.37. The van der Waals surface area contributed by atoms with Crippen molar-refractivity contribution in [3.63, 3.8) is 0 Å². The standard InChI is InChI=1S/C15H24N2O2/c1-4-11-5-7-12(8-6-11)15(2,3)10-17-14(19)13(18)9-16/h5-8,13,18H,4,9-10,16H2,1-3H3,(H,17,19). The first-order valence-electron chi connectivity index (χ1n) is 6.66. The van der Waals surface area contributed by atoms with Gasteiger partial charge in [-0.15, -0.1) is 0 Å². The molecule has 4 N–H and O–H groups in total. The molecule has 4 nitrogen and oxygen atoms in total. The Hall–Kier alpha value is -1.39. The van der Waals surface area contributed by atoms with Gasteiger partial charge in [0, 0.05) is 18.5 Å². The number of hydrogen-bond acceptors (Lipinski definition) is 3. The van der Waals surface area contributed by atoms with Crippen LogP contribution in [0.2, 0.25) is 0 Å². The fourth-order valence-electron chi connectivity index (χ4n) is 1.83. The molecule has 1 rings (SSSR count). The molecule has 106 valence electrons. The monoisotopic (exact) mass is 264 g/mol. The van der Waals surface area contributed by atoms with Crippen LogP contribution in [0.1, 0.15) is 31.9 Å². The van der Waals surface area contributed by atoms with E-state index < -0.39 is 12.0 Å². The number of benzene rings is 1. The first-order chi connectivity index (χ1) is 8.90. The molecular formula is C15H24N2O2. The highest BCUT2D eigenvalue weighted by Crippen LogP contribution is 2.22. The summed E-state index contributed by atoms with van der Waals surface area (Å²) in [5.41, 5.74) is 7.51. The lowest BCUT2D eigenvalue weighted by Gasteiger charge is -2.26. The molecule has 0 spiro atoms. The predicted molar refractivity (Wildman–Crippen MR) is 76.9 cm³/mol. The van der Waals surface area contributed by atoms with Crippen LogP contribution < -0.4 is 11.1 Å². The van der Waals surface area contributed by atoms with Crippen molar-refractivity contribution in [2.75, 3.05) is 13.1 Å². The minimum Gasteiger partial charge on any atom is -0.382 e. The van der Waals surface area contributed by atoms with E-state index in [-0.39, 0.29) is 12.0 Å². The number of rotatable bonds is 6. The van der Waals surface area contributed by atoms with Gasteiger partial charge in [0.05, 0.1) is 0 Å². The number of carbonyl (C=O) groups excluding carboxylic acids is 1. The summed E-state index contributed by atoms with van der Waals surface area (Å²) in [6, 6.07) is 8.38. The van der Waals surface area contributed by atoms with Gasteiger partial charge in [0.1, 0.15) is 6.10 Å². The van der Waals surface area contributed by atoms with Gasteiger partial charge in [-0.25, -0.2) is 0 Å². The number of amides is 1. The first kappa shape index (κ1) is 15.7. The molecule has 0 aliphatic carbocycles. The summed E-state index contributed by atoms with van der Waals surface area (Å²) >= 11 is 0. The highest BCUT2D eigenvalue weighted by atomic mass is 16.3. The Morgan fingerprint density at radius 3 is 2.42 bits per heavy atom. The molecule has 0 saturated carbocycles. The Morgan fingerprint density at radius 2 is 1.95 bits per heavy atom. The molecule has 19 heavy (non-hydrogen) atoms. The fourth-order valence-corrected chi connectivity index (χ4v) is 1.83. The number of nitrogens with one attached hydrogen (secondary N) is 1. The number of aliphatic hydroxyl groups is 1. The zero-order valence-corrected chi connectivity index (χ0v) is 11.9. The molecular weight excluding hydrogens is 240 g/mol. The summed E-state index contributed by atoms with van der Waals surface area (Å²) < 4.78 is 0. The first-order valence-corrected chi connectivity index (χ1v) is 6.66. The number of carbonyl (C=O) groups is 1. The number of aliphatic hydroxyl groups excluding tert-OH is 1. The summed E-state index contributed by atoms with van der Waals surface area (Å²) in [4.78, 5) is 11.5. The Labute approximate surface area is 115 Å². The number of nitrogens with two attached hydrogens (primary N) is 1. The van der Waals surface area contributed by atoms with E-state index in [0.29, 0.717) is 6.54 Å². The summed E-state index contributed by atoms with van der Waals surface area (Å²) in [5.74, 6) is -0.416. The minimum atomic E-state index is -1.13. The SMILES string of the molecule is CCc1ccc(C(C)(C)CNC(=O)C(O)CN)cc1. The second-order valence-electron chi connectivity index (χ2n) is 5.40. The van der Waals surface area contributed by atoms with E-state index in [0.717, 1.165) is 12.0 Å². The van der Waals surface area contributed by atoms with Gasteiger partial charge in [-0.3, -0.25) is 4.79 Å². The van der Waals surface area contributed by atoms with Crippen LogP contribution in [0, 0.1) is 0 Å². The topological polar surface area (TPSA) is 75.3 Å². The van der Waals surface area contributed by atoms with Crippen LogP contribution in [0.3, 0.4) is 0 Å². The highest BCUT2D eigenvalue weighted by molar-refractivity contribution is 5.80. The van der Waals surface area contributed by atoms with E-state index in [1.165, 1.54) is 5.56 Å². The zero-order valence-electron chi connectivity index (χ0n) is 11.9. The Kier molecular flexibility index (Phi) is 5.51. The van der Waals surface area contributed by atoms with Crippen LogP contribution in [-0.4, -0.2) is 30.2 Å². The number of hydrogen-bond donors (Lipinski definition) is 3. The average Bonchev–Trinajstić information content (AvgIpc) is 2.44. The minimum absolute atomic E-state index is 0.0581. The average molecular weight is 264 g/mol. The lowest BCUT2D eigenvalue weighted by atomic mass is 9.84. The van der Waals surface area contributed by atoms with Crippen molar-refractivity contribution < 1.29 is 9.90 Å². The summed E-state index contributed by atoms with van der Waals surface area (Å²) in [6.45, 7) is 6.65. The molecule has 0 bridgehead atoms. The Bertz CT molecular complexity index is 413. The van der Waals surface area contributed by atoms with Gasteiger partial charge >= 0.3 is 0 Å². The van der Waals surface area contributed by atoms with Crippen LogP contribution in [0.15, 0.2) is 24.3 Å². The molecule has 0 aliphatic heterocycles. The summed E-state index contributed by atoms with van der Waals surface area (Å²) in [7, 11) is 0. The van der Waals surface area contributed by atoms with Crippen LogP contribution >= 0.6 is 0 Å². The quantitative estimate of drug-likeness (QED) is 0.716. The maximum absolute atomic E-state index is 11.5. The molecule has 1 aromatic rings. The van der Waals surface area contributed by atoms with E-state index in [1.54, 1.807) is 0 Å². The van der Waals surface area contributed by atoms with E-state index in [1.807, 2.05) is 0 Å². The molecule has 4 heteroatoms. The zero-order chi connectivity index (χ0) is 14.5. The molecule has 1 aromatic carbocycles.